The van der Waals surface area contributed by atoms with Crippen molar-refractivity contribution >= 4 is 28.5 Å². The predicted molar refractivity (Wildman–Crippen MR) is 66.9 cm³/mol. The first-order valence-corrected chi connectivity index (χ1v) is 6.11. The Hall–Kier alpha value is -2.27. The van der Waals surface area contributed by atoms with Gasteiger partial charge in [0.1, 0.15) is 5.69 Å². The normalized spacial score (nSPS) is 15.0. The molecule has 18 heavy (non-hydrogen) atoms. The van der Waals surface area contributed by atoms with Gasteiger partial charge in [-0.15, -0.1) is 11.3 Å². The molecule has 0 radical (unpaired) electrons. The van der Waals surface area contributed by atoms with Gasteiger partial charge in [-0.05, 0) is 29.7 Å². The highest BCUT2D eigenvalue weighted by molar-refractivity contribution is 7.13. The van der Waals surface area contributed by atoms with Crippen molar-refractivity contribution in [1.29, 1.82) is 0 Å². The lowest BCUT2D eigenvalue weighted by Crippen LogP contribution is -2.06. The Labute approximate surface area is 106 Å². The maximum absolute atomic E-state index is 11.6. The van der Waals surface area contributed by atoms with E-state index in [9.17, 15) is 9.59 Å². The van der Waals surface area contributed by atoms with Crippen LogP contribution in [0.3, 0.4) is 0 Å². The van der Waals surface area contributed by atoms with E-state index in [0.717, 1.165) is 4.88 Å². The summed E-state index contributed by atoms with van der Waals surface area (Å²) in [6, 6.07) is 5.47. The van der Waals surface area contributed by atoms with Crippen molar-refractivity contribution in [3.05, 3.63) is 47.5 Å². The minimum atomic E-state index is -0.236. The summed E-state index contributed by atoms with van der Waals surface area (Å²) in [5.41, 5.74) is 0.662. The van der Waals surface area contributed by atoms with Gasteiger partial charge in [0.15, 0.2) is 17.3 Å². The Morgan fingerprint density at radius 2 is 2.11 bits per heavy atom. The van der Waals surface area contributed by atoms with E-state index in [4.69, 9.17) is 4.52 Å². The number of rotatable bonds is 2. The highest BCUT2D eigenvalue weighted by atomic mass is 32.1. The molecule has 88 valence electrons. The minimum Gasteiger partial charge on any atom is -0.355 e. The molecular weight excluding hydrogens is 250 g/mol. The van der Waals surface area contributed by atoms with Crippen LogP contribution >= 0.6 is 11.3 Å². The maximum atomic E-state index is 11.6. The number of carbonyl (C=O) groups excluding carboxylic acids is 2. The lowest BCUT2D eigenvalue weighted by molar-refractivity contribution is -0.113. The van der Waals surface area contributed by atoms with E-state index < -0.39 is 0 Å². The van der Waals surface area contributed by atoms with Crippen molar-refractivity contribution in [3.8, 4) is 10.6 Å². The fourth-order valence-corrected chi connectivity index (χ4v) is 2.32. The highest BCUT2D eigenvalue weighted by Crippen LogP contribution is 2.28. The summed E-state index contributed by atoms with van der Waals surface area (Å²) in [5.74, 6) is 0.140. The van der Waals surface area contributed by atoms with Crippen LogP contribution < -0.4 is 0 Å². The third-order valence-corrected chi connectivity index (χ3v) is 3.39. The van der Waals surface area contributed by atoms with E-state index in [1.54, 1.807) is 6.07 Å². The van der Waals surface area contributed by atoms with Gasteiger partial charge < -0.3 is 4.52 Å². The quantitative estimate of drug-likeness (QED) is 0.775. The van der Waals surface area contributed by atoms with Crippen LogP contribution in [0, 0.1) is 0 Å². The molecule has 0 fully saturated rings. The number of hydrogen-bond donors (Lipinski definition) is 0. The molecule has 4 nitrogen and oxygen atoms in total. The SMILES string of the molecule is O=C1C=CC(=O)C(c2cc(-c3cccs3)on2)=C1. The predicted octanol–water partition coefficient (Wildman–Crippen LogP) is 2.49. The third-order valence-electron chi connectivity index (χ3n) is 2.50. The standard InChI is InChI=1S/C13H7NO3S/c15-8-3-4-11(16)9(6-8)10-7-12(17-14-10)13-2-1-5-18-13/h1-7H. The number of nitrogens with zero attached hydrogens (tertiary/aromatic N) is 1. The number of hydrogen-bond acceptors (Lipinski definition) is 5. The highest BCUT2D eigenvalue weighted by Gasteiger charge is 2.19. The Bertz CT molecular complexity index is 677. The molecule has 0 saturated heterocycles. The van der Waals surface area contributed by atoms with Gasteiger partial charge in [0, 0.05) is 6.07 Å². The van der Waals surface area contributed by atoms with Gasteiger partial charge in [-0.1, -0.05) is 11.2 Å². The Kier molecular flexibility index (Phi) is 2.53. The molecule has 2 aromatic rings. The zero-order valence-electron chi connectivity index (χ0n) is 9.12. The van der Waals surface area contributed by atoms with Crippen LogP contribution in [-0.2, 0) is 9.59 Å². The van der Waals surface area contributed by atoms with Crippen molar-refractivity contribution in [1.82, 2.24) is 5.16 Å². The van der Waals surface area contributed by atoms with Crippen LogP contribution in [0.25, 0.3) is 16.2 Å². The fraction of sp³-hybridized carbons (Fsp3) is 0. The van der Waals surface area contributed by atoms with Crippen LogP contribution in [0.15, 0.2) is 46.3 Å². The van der Waals surface area contributed by atoms with E-state index in [1.165, 1.54) is 29.6 Å². The smallest absolute Gasteiger partial charge is 0.188 e. The summed E-state index contributed by atoms with van der Waals surface area (Å²) >= 11 is 1.52. The summed E-state index contributed by atoms with van der Waals surface area (Å²) in [7, 11) is 0. The second-order valence-corrected chi connectivity index (χ2v) is 4.66. The van der Waals surface area contributed by atoms with Gasteiger partial charge in [-0.2, -0.15) is 0 Å². The Morgan fingerprint density at radius 3 is 2.89 bits per heavy atom. The maximum Gasteiger partial charge on any atom is 0.188 e. The lowest BCUT2D eigenvalue weighted by atomic mass is 10.0. The average molecular weight is 257 g/mol. The van der Waals surface area contributed by atoms with Crippen LogP contribution in [0.5, 0.6) is 0 Å². The number of ketones is 2. The molecule has 2 aromatic heterocycles. The first-order chi connectivity index (χ1) is 8.74. The fourth-order valence-electron chi connectivity index (χ4n) is 1.65. The van der Waals surface area contributed by atoms with Gasteiger partial charge in [0.25, 0.3) is 0 Å². The summed E-state index contributed by atoms with van der Waals surface area (Å²) in [6.07, 6.45) is 3.77. The third kappa shape index (κ3) is 1.84. The molecule has 1 aliphatic rings. The van der Waals surface area contributed by atoms with Gasteiger partial charge in [0.2, 0.25) is 0 Å². The zero-order chi connectivity index (χ0) is 12.5. The number of aromatic nitrogens is 1. The van der Waals surface area contributed by atoms with Gasteiger partial charge >= 0.3 is 0 Å². The molecule has 0 aromatic carbocycles. The van der Waals surface area contributed by atoms with Crippen molar-refractivity contribution in [2.75, 3.05) is 0 Å². The van der Waals surface area contributed by atoms with Gasteiger partial charge in [-0.25, -0.2) is 0 Å². The van der Waals surface area contributed by atoms with E-state index in [1.807, 2.05) is 17.5 Å². The summed E-state index contributed by atoms with van der Waals surface area (Å²) in [4.78, 5) is 23.8. The molecule has 5 heteroatoms. The molecule has 0 N–H and O–H groups in total. The molecule has 2 heterocycles. The lowest BCUT2D eigenvalue weighted by Gasteiger charge is -2.01. The van der Waals surface area contributed by atoms with Gasteiger partial charge in [0.05, 0.1) is 10.5 Å². The van der Waals surface area contributed by atoms with Crippen LogP contribution in [0.4, 0.5) is 0 Å². The monoisotopic (exact) mass is 257 g/mol. The summed E-state index contributed by atoms with van der Waals surface area (Å²) in [6.45, 7) is 0. The van der Waals surface area contributed by atoms with Crippen LogP contribution in [0.2, 0.25) is 0 Å². The molecule has 0 aliphatic heterocycles. The Balaban J connectivity index is 1.99. The van der Waals surface area contributed by atoms with Crippen molar-refractivity contribution in [3.63, 3.8) is 0 Å². The molecule has 0 spiro atoms. The van der Waals surface area contributed by atoms with Crippen molar-refractivity contribution in [2.45, 2.75) is 0 Å². The van der Waals surface area contributed by atoms with Crippen molar-refractivity contribution in [2.24, 2.45) is 0 Å². The topological polar surface area (TPSA) is 60.2 Å². The summed E-state index contributed by atoms with van der Waals surface area (Å²) < 4.78 is 5.18. The number of thiophene rings is 1. The molecule has 0 atom stereocenters. The molecule has 0 saturated carbocycles. The second kappa shape index (κ2) is 4.19. The largest absolute Gasteiger partial charge is 0.355 e. The zero-order valence-corrected chi connectivity index (χ0v) is 9.94. The van der Waals surface area contributed by atoms with Crippen LogP contribution in [0.1, 0.15) is 5.69 Å². The average Bonchev–Trinajstić information content (AvgIpc) is 3.00. The molecule has 0 bridgehead atoms. The first kappa shape index (κ1) is 10.9. The molecule has 0 amide bonds. The van der Waals surface area contributed by atoms with E-state index in [0.29, 0.717) is 11.5 Å². The van der Waals surface area contributed by atoms with Crippen molar-refractivity contribution < 1.29 is 14.1 Å². The summed E-state index contributed by atoms with van der Waals surface area (Å²) in [5, 5.41) is 5.76. The second-order valence-electron chi connectivity index (χ2n) is 3.71. The molecule has 3 rings (SSSR count). The van der Waals surface area contributed by atoms with E-state index in [2.05, 4.69) is 5.16 Å². The number of carbonyl (C=O) groups is 2. The van der Waals surface area contributed by atoms with E-state index in [-0.39, 0.29) is 17.1 Å². The molecular formula is C13H7NO3S. The van der Waals surface area contributed by atoms with Gasteiger partial charge in [-0.3, -0.25) is 9.59 Å². The number of allylic oxidation sites excluding steroid dienone is 4. The van der Waals surface area contributed by atoms with Crippen LogP contribution in [-0.4, -0.2) is 16.7 Å². The molecule has 1 aliphatic carbocycles. The first-order valence-electron chi connectivity index (χ1n) is 5.23. The molecule has 0 unspecified atom stereocenters. The minimum absolute atomic E-state index is 0.217. The van der Waals surface area contributed by atoms with E-state index >= 15 is 0 Å². The Morgan fingerprint density at radius 1 is 1.22 bits per heavy atom.